The summed E-state index contributed by atoms with van der Waals surface area (Å²) in [6.45, 7) is 0. The first-order valence-electron chi connectivity index (χ1n) is 9.85. The van der Waals surface area contributed by atoms with Crippen molar-refractivity contribution in [3.8, 4) is 16.9 Å². The second-order valence-corrected chi connectivity index (χ2v) is 9.28. The van der Waals surface area contributed by atoms with E-state index in [1.807, 2.05) is 24.3 Å². The Morgan fingerprint density at radius 1 is 0.862 bits per heavy atom. The van der Waals surface area contributed by atoms with Gasteiger partial charge >= 0.3 is 0 Å². The van der Waals surface area contributed by atoms with Crippen LogP contribution in [0.1, 0.15) is 30.7 Å². The Bertz CT molecular complexity index is 1300. The van der Waals surface area contributed by atoms with Crippen molar-refractivity contribution in [1.29, 1.82) is 0 Å². The monoisotopic (exact) mass is 402 g/mol. The summed E-state index contributed by atoms with van der Waals surface area (Å²) < 4.78 is 25.9. The molecular weight excluding hydrogens is 380 g/mol. The Balaban J connectivity index is 1.76. The lowest BCUT2D eigenvalue weighted by Gasteiger charge is -2.25. The van der Waals surface area contributed by atoms with Crippen LogP contribution in [0.4, 0.5) is 0 Å². The molecule has 0 atom stereocenters. The summed E-state index contributed by atoms with van der Waals surface area (Å²) in [7, 11) is -3.77. The normalized spacial score (nSPS) is 14.8. The van der Waals surface area contributed by atoms with Gasteiger partial charge in [-0.25, -0.2) is 13.6 Å². The second-order valence-electron chi connectivity index (χ2n) is 7.72. The van der Waals surface area contributed by atoms with Crippen LogP contribution in [-0.4, -0.2) is 13.0 Å². The Kier molecular flexibility index (Phi) is 4.30. The van der Waals surface area contributed by atoms with E-state index < -0.39 is 10.0 Å². The predicted octanol–water partition coefficient (Wildman–Crippen LogP) is 5.21. The molecule has 1 saturated carbocycles. The molecule has 29 heavy (non-hydrogen) atoms. The van der Waals surface area contributed by atoms with Gasteiger partial charge in [-0.3, -0.25) is 0 Å². The van der Waals surface area contributed by atoms with Gasteiger partial charge in [-0.2, -0.15) is 0 Å². The van der Waals surface area contributed by atoms with Gasteiger partial charge in [-0.15, -0.1) is 0 Å². The summed E-state index contributed by atoms with van der Waals surface area (Å²) in [5, 5.41) is 6.54. The molecule has 0 spiro atoms. The molecular formula is C24H22N2O2S. The van der Waals surface area contributed by atoms with Crippen molar-refractivity contribution >= 4 is 20.9 Å². The Hall–Kier alpha value is -2.89. The van der Waals surface area contributed by atoms with E-state index >= 15 is 0 Å². The first-order valence-corrected chi connectivity index (χ1v) is 11.4. The van der Waals surface area contributed by atoms with Crippen LogP contribution in [0.25, 0.3) is 27.8 Å². The van der Waals surface area contributed by atoms with Gasteiger partial charge in [0.05, 0.1) is 16.1 Å². The van der Waals surface area contributed by atoms with Crippen LogP contribution in [0.2, 0.25) is 0 Å². The molecule has 5 rings (SSSR count). The molecule has 3 aromatic carbocycles. The molecule has 2 N–H and O–H groups in total. The number of nitrogens with zero attached hydrogens (tertiary/aromatic N) is 1. The zero-order chi connectivity index (χ0) is 20.0. The van der Waals surface area contributed by atoms with E-state index in [4.69, 9.17) is 5.14 Å². The van der Waals surface area contributed by atoms with E-state index in [-0.39, 0.29) is 4.90 Å². The van der Waals surface area contributed by atoms with Crippen LogP contribution in [0.15, 0.2) is 83.8 Å². The molecule has 0 saturated heterocycles. The first-order chi connectivity index (χ1) is 14.0. The van der Waals surface area contributed by atoms with Crippen molar-refractivity contribution < 1.29 is 8.42 Å². The van der Waals surface area contributed by atoms with Crippen molar-refractivity contribution in [2.75, 3.05) is 0 Å². The minimum absolute atomic E-state index is 0.113. The van der Waals surface area contributed by atoms with E-state index in [9.17, 15) is 8.42 Å². The minimum Gasteiger partial charge on any atom is -0.309 e. The number of fused-ring (bicyclic) bond motifs is 1. The lowest BCUT2D eigenvalue weighted by Crippen LogP contribution is -2.12. The van der Waals surface area contributed by atoms with Gasteiger partial charge in [0.1, 0.15) is 0 Å². The number of hydrogen-bond acceptors (Lipinski definition) is 2. The quantitative estimate of drug-likeness (QED) is 0.509. The summed E-state index contributed by atoms with van der Waals surface area (Å²) in [4.78, 5) is 0.113. The van der Waals surface area contributed by atoms with E-state index in [0.29, 0.717) is 5.92 Å². The zero-order valence-electron chi connectivity index (χ0n) is 16.0. The molecule has 1 fully saturated rings. The second kappa shape index (κ2) is 6.87. The summed E-state index contributed by atoms with van der Waals surface area (Å²) in [5.41, 5.74) is 5.33. The van der Waals surface area contributed by atoms with E-state index in [0.717, 1.165) is 27.8 Å². The predicted molar refractivity (Wildman–Crippen MR) is 117 cm³/mol. The van der Waals surface area contributed by atoms with Crippen LogP contribution in [0, 0.1) is 0 Å². The van der Waals surface area contributed by atoms with Crippen molar-refractivity contribution in [3.63, 3.8) is 0 Å². The summed E-state index contributed by atoms with van der Waals surface area (Å²) >= 11 is 0. The van der Waals surface area contributed by atoms with Gasteiger partial charge < -0.3 is 4.57 Å². The van der Waals surface area contributed by atoms with Crippen molar-refractivity contribution in [2.45, 2.75) is 30.1 Å². The van der Waals surface area contributed by atoms with E-state index in [1.165, 1.54) is 30.9 Å². The molecule has 1 aliphatic rings. The van der Waals surface area contributed by atoms with Crippen LogP contribution in [-0.2, 0) is 10.0 Å². The topological polar surface area (TPSA) is 65.1 Å². The number of primary sulfonamides is 1. The molecule has 146 valence electrons. The van der Waals surface area contributed by atoms with Gasteiger partial charge in [0.2, 0.25) is 10.0 Å². The fourth-order valence-electron chi connectivity index (χ4n) is 4.13. The van der Waals surface area contributed by atoms with Crippen LogP contribution >= 0.6 is 0 Å². The van der Waals surface area contributed by atoms with Gasteiger partial charge in [-0.05, 0) is 66.3 Å². The lowest BCUT2D eigenvalue weighted by molar-refractivity contribution is 0.420. The molecule has 0 bridgehead atoms. The van der Waals surface area contributed by atoms with Crippen LogP contribution in [0.3, 0.4) is 0 Å². The lowest BCUT2D eigenvalue weighted by atomic mass is 9.80. The first kappa shape index (κ1) is 18.2. The van der Waals surface area contributed by atoms with Gasteiger partial charge in [-0.1, -0.05) is 48.9 Å². The highest BCUT2D eigenvalue weighted by atomic mass is 32.2. The van der Waals surface area contributed by atoms with E-state index in [2.05, 4.69) is 41.0 Å². The fraction of sp³-hybridized carbons (Fsp3) is 0.167. The van der Waals surface area contributed by atoms with Crippen molar-refractivity contribution in [3.05, 3.63) is 84.4 Å². The van der Waals surface area contributed by atoms with Crippen molar-refractivity contribution in [1.82, 2.24) is 4.57 Å². The largest absolute Gasteiger partial charge is 0.309 e. The van der Waals surface area contributed by atoms with Gasteiger partial charge in [0.25, 0.3) is 0 Å². The fourth-order valence-corrected chi connectivity index (χ4v) is 4.68. The highest BCUT2D eigenvalue weighted by molar-refractivity contribution is 7.89. The molecule has 0 aliphatic heterocycles. The minimum atomic E-state index is -3.77. The maximum Gasteiger partial charge on any atom is 0.238 e. The molecule has 1 aliphatic carbocycles. The molecule has 4 nitrogen and oxygen atoms in total. The zero-order valence-corrected chi connectivity index (χ0v) is 16.8. The molecule has 1 aromatic heterocycles. The average Bonchev–Trinajstić information content (AvgIpc) is 3.06. The molecule has 0 unspecified atom stereocenters. The Labute approximate surface area is 170 Å². The summed E-state index contributed by atoms with van der Waals surface area (Å²) in [5.74, 6) is 0.661. The van der Waals surface area contributed by atoms with Crippen molar-refractivity contribution in [2.24, 2.45) is 5.14 Å². The molecule has 5 heteroatoms. The molecule has 0 amide bonds. The Morgan fingerprint density at radius 2 is 1.66 bits per heavy atom. The standard InChI is InChI=1S/C24H22N2O2S/c25-29(27,28)22-11-5-10-21(16-22)26-23-13-12-19(17-8-4-9-17)14-20(23)15-24(26)18-6-2-1-3-7-18/h1-3,5-7,10-17H,4,8-9H2,(H2,25,27,28). The number of benzene rings is 3. The number of sulfonamides is 1. The Morgan fingerprint density at radius 3 is 2.34 bits per heavy atom. The van der Waals surface area contributed by atoms with Gasteiger partial charge in [0, 0.05) is 11.1 Å². The summed E-state index contributed by atoms with van der Waals surface area (Å²) in [6.07, 6.45) is 3.82. The third kappa shape index (κ3) is 3.26. The van der Waals surface area contributed by atoms with Gasteiger partial charge in [0.15, 0.2) is 0 Å². The molecule has 1 heterocycles. The third-order valence-corrected chi connectivity index (χ3v) is 6.79. The maximum atomic E-state index is 11.9. The number of rotatable bonds is 4. The molecule has 4 aromatic rings. The maximum absolute atomic E-state index is 11.9. The highest BCUT2D eigenvalue weighted by Crippen LogP contribution is 2.39. The SMILES string of the molecule is NS(=O)(=O)c1cccc(-n2c(-c3ccccc3)cc3cc(C4CCC4)ccc32)c1. The number of aromatic nitrogens is 1. The number of nitrogens with two attached hydrogens (primary N) is 1. The van der Waals surface area contributed by atoms with Crippen LogP contribution < -0.4 is 5.14 Å². The third-order valence-electron chi connectivity index (χ3n) is 5.88. The summed E-state index contributed by atoms with van der Waals surface area (Å²) in [6, 6.07) is 25.8. The van der Waals surface area contributed by atoms with Crippen LogP contribution in [0.5, 0.6) is 0 Å². The average molecular weight is 403 g/mol. The van der Waals surface area contributed by atoms with E-state index in [1.54, 1.807) is 12.1 Å². The smallest absolute Gasteiger partial charge is 0.238 e. The highest BCUT2D eigenvalue weighted by Gasteiger charge is 2.21. The number of hydrogen-bond donors (Lipinski definition) is 1. The molecule has 0 radical (unpaired) electrons.